The van der Waals surface area contributed by atoms with E-state index in [2.05, 4.69) is 26.6 Å². The standard InChI is InChI=1S/C12H19N5O2S.HI/c1-10(2)8-16-12(13)15-6-7-17-20(18,19)11-4-3-5-14-9-11;/h3-5,9,17H,1,6-8H2,2H3,(H3,13,15,16);1H. The quantitative estimate of drug-likeness (QED) is 0.193. The Bertz CT molecular complexity index is 575. The molecule has 118 valence electrons. The predicted octanol–water partition coefficient (Wildman–Crippen LogP) is 0.458. The molecule has 0 amide bonds. The van der Waals surface area contributed by atoms with Crippen LogP contribution in [0, 0.1) is 0 Å². The number of pyridine rings is 1. The second-order valence-electron chi connectivity index (χ2n) is 4.17. The van der Waals surface area contributed by atoms with E-state index in [0.717, 1.165) is 5.57 Å². The summed E-state index contributed by atoms with van der Waals surface area (Å²) in [5, 5.41) is 2.81. The van der Waals surface area contributed by atoms with Gasteiger partial charge in [-0.15, -0.1) is 24.0 Å². The molecule has 21 heavy (non-hydrogen) atoms. The largest absolute Gasteiger partial charge is 0.370 e. The summed E-state index contributed by atoms with van der Waals surface area (Å²) in [6.45, 7) is 6.53. The minimum atomic E-state index is -3.53. The zero-order valence-electron chi connectivity index (χ0n) is 11.7. The fourth-order valence-electron chi connectivity index (χ4n) is 1.24. The number of hydrogen-bond acceptors (Lipinski definition) is 4. The highest BCUT2D eigenvalue weighted by Gasteiger charge is 2.12. The normalized spacial score (nSPS) is 11.6. The van der Waals surface area contributed by atoms with E-state index in [9.17, 15) is 8.42 Å². The van der Waals surface area contributed by atoms with Gasteiger partial charge in [-0.2, -0.15) is 0 Å². The lowest BCUT2D eigenvalue weighted by Gasteiger charge is -2.08. The minimum Gasteiger partial charge on any atom is -0.370 e. The molecular weight excluding hydrogens is 405 g/mol. The Morgan fingerprint density at radius 1 is 1.48 bits per heavy atom. The summed E-state index contributed by atoms with van der Waals surface area (Å²) in [5.41, 5.74) is 6.49. The maximum absolute atomic E-state index is 11.8. The summed E-state index contributed by atoms with van der Waals surface area (Å²) in [5.74, 6) is 0.258. The molecule has 0 unspecified atom stereocenters. The Labute approximate surface area is 142 Å². The Balaban J connectivity index is 0.00000400. The van der Waals surface area contributed by atoms with Gasteiger partial charge in [-0.1, -0.05) is 12.2 Å². The van der Waals surface area contributed by atoms with Crippen molar-refractivity contribution < 1.29 is 8.42 Å². The maximum atomic E-state index is 11.8. The van der Waals surface area contributed by atoms with Crippen molar-refractivity contribution in [3.05, 3.63) is 36.7 Å². The first-order valence-electron chi connectivity index (χ1n) is 5.99. The van der Waals surface area contributed by atoms with E-state index < -0.39 is 10.0 Å². The number of nitrogens with two attached hydrogens (primary N) is 1. The fraction of sp³-hybridized carbons (Fsp3) is 0.333. The van der Waals surface area contributed by atoms with Crippen molar-refractivity contribution in [3.8, 4) is 0 Å². The number of hydrogen-bond donors (Lipinski definition) is 3. The molecule has 0 aliphatic rings. The van der Waals surface area contributed by atoms with Crippen LogP contribution < -0.4 is 15.8 Å². The number of nitrogens with zero attached hydrogens (tertiary/aromatic N) is 2. The van der Waals surface area contributed by atoms with E-state index in [0.29, 0.717) is 13.1 Å². The molecule has 0 aliphatic carbocycles. The molecule has 0 aliphatic heterocycles. The molecule has 9 heteroatoms. The average Bonchev–Trinajstić information content (AvgIpc) is 2.42. The first-order valence-corrected chi connectivity index (χ1v) is 7.48. The van der Waals surface area contributed by atoms with Crippen LogP contribution in [0.25, 0.3) is 0 Å². The van der Waals surface area contributed by atoms with Crippen LogP contribution in [-0.4, -0.2) is 39.0 Å². The smallest absolute Gasteiger partial charge is 0.242 e. The molecule has 0 bridgehead atoms. The van der Waals surface area contributed by atoms with E-state index in [1.54, 1.807) is 6.07 Å². The fourth-order valence-corrected chi connectivity index (χ4v) is 2.24. The van der Waals surface area contributed by atoms with Crippen LogP contribution >= 0.6 is 24.0 Å². The summed E-state index contributed by atoms with van der Waals surface area (Å²) in [6.07, 6.45) is 2.80. The van der Waals surface area contributed by atoms with E-state index in [1.807, 2.05) is 6.92 Å². The van der Waals surface area contributed by atoms with Crippen LogP contribution in [0.4, 0.5) is 0 Å². The first kappa shape index (κ1) is 19.8. The molecule has 1 rings (SSSR count). The summed E-state index contributed by atoms with van der Waals surface area (Å²) in [4.78, 5) is 7.91. The Hall–Kier alpha value is -1.20. The zero-order chi connectivity index (χ0) is 15.0. The molecule has 1 aromatic rings. The first-order chi connectivity index (χ1) is 9.42. The second-order valence-corrected chi connectivity index (χ2v) is 5.94. The third-order valence-electron chi connectivity index (χ3n) is 2.19. The monoisotopic (exact) mass is 425 g/mol. The topological polar surface area (TPSA) is 109 Å². The molecule has 0 saturated heterocycles. The van der Waals surface area contributed by atoms with Gasteiger partial charge in [0.1, 0.15) is 4.90 Å². The molecule has 1 aromatic heterocycles. The summed E-state index contributed by atoms with van der Waals surface area (Å²) in [6, 6.07) is 3.04. The highest BCUT2D eigenvalue weighted by Crippen LogP contribution is 2.04. The van der Waals surface area contributed by atoms with Crippen LogP contribution in [0.15, 0.2) is 46.6 Å². The Morgan fingerprint density at radius 3 is 2.76 bits per heavy atom. The van der Waals surface area contributed by atoms with Gasteiger partial charge in [0, 0.05) is 25.5 Å². The molecular formula is C12H20IN5O2S. The molecule has 1 heterocycles. The van der Waals surface area contributed by atoms with Gasteiger partial charge < -0.3 is 11.1 Å². The van der Waals surface area contributed by atoms with Crippen molar-refractivity contribution in [2.45, 2.75) is 11.8 Å². The van der Waals surface area contributed by atoms with Crippen LogP contribution in [-0.2, 0) is 10.0 Å². The van der Waals surface area contributed by atoms with E-state index in [-0.39, 0.29) is 41.4 Å². The number of guanidine groups is 1. The van der Waals surface area contributed by atoms with Gasteiger partial charge in [0.15, 0.2) is 5.96 Å². The van der Waals surface area contributed by atoms with E-state index in [1.165, 1.54) is 18.5 Å². The highest BCUT2D eigenvalue weighted by atomic mass is 127. The summed E-state index contributed by atoms with van der Waals surface area (Å²) in [7, 11) is -3.53. The van der Waals surface area contributed by atoms with Crippen LogP contribution in [0.3, 0.4) is 0 Å². The van der Waals surface area contributed by atoms with Crippen LogP contribution in [0.5, 0.6) is 0 Å². The molecule has 0 radical (unpaired) electrons. The lowest BCUT2D eigenvalue weighted by molar-refractivity contribution is 0.580. The zero-order valence-corrected chi connectivity index (χ0v) is 14.9. The van der Waals surface area contributed by atoms with Crippen molar-refractivity contribution >= 4 is 40.0 Å². The minimum absolute atomic E-state index is 0. The van der Waals surface area contributed by atoms with Crippen LogP contribution in [0.2, 0.25) is 0 Å². The number of sulfonamides is 1. The van der Waals surface area contributed by atoms with Gasteiger partial charge in [-0.3, -0.25) is 4.98 Å². The SMILES string of the molecule is C=C(C)CN=C(N)NCCNS(=O)(=O)c1cccnc1.I. The van der Waals surface area contributed by atoms with Gasteiger partial charge in [0.25, 0.3) is 0 Å². The van der Waals surface area contributed by atoms with Crippen molar-refractivity contribution in [1.29, 1.82) is 0 Å². The predicted molar refractivity (Wildman–Crippen MR) is 94.1 cm³/mol. The molecule has 4 N–H and O–H groups in total. The van der Waals surface area contributed by atoms with E-state index in [4.69, 9.17) is 5.73 Å². The average molecular weight is 425 g/mol. The number of aliphatic imine (C=N–C) groups is 1. The number of halogens is 1. The van der Waals surface area contributed by atoms with Crippen LogP contribution in [0.1, 0.15) is 6.92 Å². The van der Waals surface area contributed by atoms with Gasteiger partial charge >= 0.3 is 0 Å². The van der Waals surface area contributed by atoms with Gasteiger partial charge in [-0.05, 0) is 19.1 Å². The lowest BCUT2D eigenvalue weighted by atomic mass is 10.4. The molecule has 0 atom stereocenters. The third kappa shape index (κ3) is 7.97. The lowest BCUT2D eigenvalue weighted by Crippen LogP contribution is -2.38. The highest BCUT2D eigenvalue weighted by molar-refractivity contribution is 14.0. The molecule has 0 aromatic carbocycles. The second kappa shape index (κ2) is 9.68. The number of nitrogens with one attached hydrogen (secondary N) is 2. The number of rotatable bonds is 7. The van der Waals surface area contributed by atoms with Crippen molar-refractivity contribution in [2.24, 2.45) is 10.7 Å². The number of aromatic nitrogens is 1. The molecule has 0 fully saturated rings. The van der Waals surface area contributed by atoms with Crippen molar-refractivity contribution in [2.75, 3.05) is 19.6 Å². The van der Waals surface area contributed by atoms with Gasteiger partial charge in [-0.25, -0.2) is 18.1 Å². The van der Waals surface area contributed by atoms with Gasteiger partial charge in [0.05, 0.1) is 6.54 Å². The summed E-state index contributed by atoms with van der Waals surface area (Å²) < 4.78 is 26.1. The Morgan fingerprint density at radius 2 is 2.19 bits per heavy atom. The van der Waals surface area contributed by atoms with E-state index >= 15 is 0 Å². The molecule has 0 spiro atoms. The molecule has 0 saturated carbocycles. The maximum Gasteiger partial charge on any atom is 0.242 e. The van der Waals surface area contributed by atoms with Crippen molar-refractivity contribution in [1.82, 2.24) is 15.0 Å². The summed E-state index contributed by atoms with van der Waals surface area (Å²) >= 11 is 0. The third-order valence-corrected chi connectivity index (χ3v) is 3.63. The van der Waals surface area contributed by atoms with Crippen molar-refractivity contribution in [3.63, 3.8) is 0 Å². The Kier molecular flexibility index (Phi) is 9.13. The van der Waals surface area contributed by atoms with Gasteiger partial charge in [0.2, 0.25) is 10.0 Å². The molecule has 7 nitrogen and oxygen atoms in total.